The number of hydrogen-bond acceptors (Lipinski definition) is 2. The van der Waals surface area contributed by atoms with E-state index < -0.39 is 0 Å². The van der Waals surface area contributed by atoms with Gasteiger partial charge in [0.05, 0.1) is 7.11 Å². The highest BCUT2D eigenvalue weighted by Gasteiger charge is 2.15. The molecule has 17 heavy (non-hydrogen) atoms. The summed E-state index contributed by atoms with van der Waals surface area (Å²) in [7, 11) is 1.69. The standard InChI is InChI=1S/C14H22ClNO/c1-9(2)14-12(15)7-11(8-13(14)17-4)10(3)5-6-16/h7-10H,5-6,16H2,1-4H3. The molecule has 0 aliphatic heterocycles. The van der Waals surface area contributed by atoms with Gasteiger partial charge in [-0.15, -0.1) is 0 Å². The van der Waals surface area contributed by atoms with E-state index in [1.165, 1.54) is 5.56 Å². The van der Waals surface area contributed by atoms with Crippen molar-refractivity contribution in [3.8, 4) is 5.75 Å². The van der Waals surface area contributed by atoms with Gasteiger partial charge in [0, 0.05) is 10.6 Å². The quantitative estimate of drug-likeness (QED) is 0.865. The van der Waals surface area contributed by atoms with Crippen LogP contribution in [0.25, 0.3) is 0 Å². The van der Waals surface area contributed by atoms with Crippen LogP contribution in [0.3, 0.4) is 0 Å². The van der Waals surface area contributed by atoms with E-state index in [1.807, 2.05) is 6.07 Å². The van der Waals surface area contributed by atoms with Crippen LogP contribution in [0.5, 0.6) is 5.75 Å². The van der Waals surface area contributed by atoms with Gasteiger partial charge in [0.1, 0.15) is 5.75 Å². The van der Waals surface area contributed by atoms with Gasteiger partial charge in [-0.25, -0.2) is 0 Å². The Balaban J connectivity index is 3.17. The summed E-state index contributed by atoms with van der Waals surface area (Å²) in [5.41, 5.74) is 7.87. The van der Waals surface area contributed by atoms with Crippen LogP contribution in [0.4, 0.5) is 0 Å². The minimum atomic E-state index is 0.358. The second-order valence-corrected chi connectivity index (χ2v) is 5.16. The van der Waals surface area contributed by atoms with Crippen molar-refractivity contribution >= 4 is 11.6 Å². The van der Waals surface area contributed by atoms with Crippen LogP contribution in [-0.4, -0.2) is 13.7 Å². The lowest BCUT2D eigenvalue weighted by Crippen LogP contribution is -2.06. The van der Waals surface area contributed by atoms with Crippen molar-refractivity contribution in [3.63, 3.8) is 0 Å². The summed E-state index contributed by atoms with van der Waals surface area (Å²) >= 11 is 6.34. The zero-order valence-electron chi connectivity index (χ0n) is 11.1. The third-order valence-electron chi connectivity index (χ3n) is 3.08. The largest absolute Gasteiger partial charge is 0.496 e. The van der Waals surface area contributed by atoms with Gasteiger partial charge in [0.2, 0.25) is 0 Å². The van der Waals surface area contributed by atoms with E-state index in [0.717, 1.165) is 22.8 Å². The number of ether oxygens (including phenoxy) is 1. The van der Waals surface area contributed by atoms with Crippen LogP contribution < -0.4 is 10.5 Å². The molecule has 0 aliphatic carbocycles. The second-order valence-electron chi connectivity index (χ2n) is 4.75. The Bertz CT molecular complexity index is 377. The minimum Gasteiger partial charge on any atom is -0.496 e. The summed E-state index contributed by atoms with van der Waals surface area (Å²) in [6, 6.07) is 4.13. The Kier molecular flexibility index (Phi) is 5.29. The molecule has 0 radical (unpaired) electrons. The zero-order valence-corrected chi connectivity index (χ0v) is 11.8. The maximum atomic E-state index is 6.34. The van der Waals surface area contributed by atoms with Gasteiger partial charge >= 0.3 is 0 Å². The van der Waals surface area contributed by atoms with Gasteiger partial charge in [-0.1, -0.05) is 32.4 Å². The molecule has 0 spiro atoms. The van der Waals surface area contributed by atoms with Crippen LogP contribution in [0.2, 0.25) is 5.02 Å². The maximum Gasteiger partial charge on any atom is 0.124 e. The van der Waals surface area contributed by atoms with Crippen molar-refractivity contribution < 1.29 is 4.74 Å². The third kappa shape index (κ3) is 3.36. The highest BCUT2D eigenvalue weighted by molar-refractivity contribution is 6.31. The van der Waals surface area contributed by atoms with Gasteiger partial charge < -0.3 is 10.5 Å². The molecule has 0 aromatic heterocycles. The minimum absolute atomic E-state index is 0.358. The molecular formula is C14H22ClNO. The van der Waals surface area contributed by atoms with E-state index in [0.29, 0.717) is 18.4 Å². The Labute approximate surface area is 109 Å². The molecule has 96 valence electrons. The number of hydrogen-bond donors (Lipinski definition) is 1. The first kappa shape index (κ1) is 14.3. The molecule has 2 nitrogen and oxygen atoms in total. The Morgan fingerprint density at radius 3 is 2.41 bits per heavy atom. The molecule has 1 unspecified atom stereocenters. The highest BCUT2D eigenvalue weighted by Crippen LogP contribution is 2.36. The molecule has 0 saturated carbocycles. The van der Waals surface area contributed by atoms with Crippen molar-refractivity contribution in [2.45, 2.75) is 39.0 Å². The normalized spacial score (nSPS) is 12.9. The number of methoxy groups -OCH3 is 1. The molecule has 0 fully saturated rings. The molecule has 3 heteroatoms. The molecule has 0 aliphatic rings. The molecule has 2 N–H and O–H groups in total. The lowest BCUT2D eigenvalue weighted by Gasteiger charge is -2.18. The summed E-state index contributed by atoms with van der Waals surface area (Å²) in [5, 5.41) is 0.790. The summed E-state index contributed by atoms with van der Waals surface area (Å²) in [4.78, 5) is 0. The van der Waals surface area contributed by atoms with Gasteiger partial charge in [-0.2, -0.15) is 0 Å². The Hall–Kier alpha value is -0.730. The number of halogens is 1. The maximum absolute atomic E-state index is 6.34. The number of benzene rings is 1. The first-order valence-corrected chi connectivity index (χ1v) is 6.46. The van der Waals surface area contributed by atoms with Gasteiger partial charge in [0.15, 0.2) is 0 Å². The topological polar surface area (TPSA) is 35.2 Å². The molecule has 0 bridgehead atoms. The fourth-order valence-electron chi connectivity index (χ4n) is 2.04. The molecular weight excluding hydrogens is 234 g/mol. The van der Waals surface area contributed by atoms with Crippen molar-refractivity contribution in [2.75, 3.05) is 13.7 Å². The van der Waals surface area contributed by atoms with Crippen LogP contribution in [-0.2, 0) is 0 Å². The van der Waals surface area contributed by atoms with Crippen molar-refractivity contribution in [3.05, 3.63) is 28.3 Å². The molecule has 1 rings (SSSR count). The van der Waals surface area contributed by atoms with Crippen LogP contribution in [0.1, 0.15) is 50.2 Å². The van der Waals surface area contributed by atoms with Gasteiger partial charge in [0.25, 0.3) is 0 Å². The second kappa shape index (κ2) is 6.27. The van der Waals surface area contributed by atoms with Gasteiger partial charge in [-0.05, 0) is 42.5 Å². The summed E-state index contributed by atoms with van der Waals surface area (Å²) in [5.74, 6) is 1.65. The van der Waals surface area contributed by atoms with E-state index in [2.05, 4.69) is 26.8 Å². The van der Waals surface area contributed by atoms with Crippen LogP contribution >= 0.6 is 11.6 Å². The predicted octanol–water partition coefficient (Wildman–Crippen LogP) is 3.92. The average Bonchev–Trinajstić information content (AvgIpc) is 2.27. The van der Waals surface area contributed by atoms with E-state index in [4.69, 9.17) is 22.1 Å². The zero-order chi connectivity index (χ0) is 13.0. The predicted molar refractivity (Wildman–Crippen MR) is 74.2 cm³/mol. The molecule has 1 aromatic carbocycles. The highest BCUT2D eigenvalue weighted by atomic mass is 35.5. The van der Waals surface area contributed by atoms with E-state index in [9.17, 15) is 0 Å². The average molecular weight is 256 g/mol. The molecule has 1 aromatic rings. The molecule has 0 heterocycles. The van der Waals surface area contributed by atoms with E-state index in [-0.39, 0.29) is 0 Å². The fourth-order valence-corrected chi connectivity index (χ4v) is 2.48. The Morgan fingerprint density at radius 1 is 1.29 bits per heavy atom. The van der Waals surface area contributed by atoms with E-state index >= 15 is 0 Å². The molecule has 1 atom stereocenters. The van der Waals surface area contributed by atoms with Crippen molar-refractivity contribution in [2.24, 2.45) is 5.73 Å². The summed E-state index contributed by atoms with van der Waals surface area (Å²) in [6.45, 7) is 7.08. The monoisotopic (exact) mass is 255 g/mol. The summed E-state index contributed by atoms with van der Waals surface area (Å²) < 4.78 is 5.44. The molecule has 0 saturated heterocycles. The Morgan fingerprint density at radius 2 is 1.94 bits per heavy atom. The fraction of sp³-hybridized carbons (Fsp3) is 0.571. The number of nitrogens with two attached hydrogens (primary N) is 1. The van der Waals surface area contributed by atoms with Gasteiger partial charge in [-0.3, -0.25) is 0 Å². The van der Waals surface area contributed by atoms with Crippen molar-refractivity contribution in [1.82, 2.24) is 0 Å². The first-order valence-electron chi connectivity index (χ1n) is 6.08. The summed E-state index contributed by atoms with van der Waals surface area (Å²) in [6.07, 6.45) is 0.959. The lowest BCUT2D eigenvalue weighted by atomic mass is 9.93. The van der Waals surface area contributed by atoms with E-state index in [1.54, 1.807) is 7.11 Å². The third-order valence-corrected chi connectivity index (χ3v) is 3.39. The molecule has 0 amide bonds. The van der Waals surface area contributed by atoms with Crippen molar-refractivity contribution in [1.29, 1.82) is 0 Å². The van der Waals surface area contributed by atoms with Crippen LogP contribution in [0, 0.1) is 0 Å². The smallest absolute Gasteiger partial charge is 0.124 e. The lowest BCUT2D eigenvalue weighted by molar-refractivity contribution is 0.406. The SMILES string of the molecule is COc1cc(C(C)CCN)cc(Cl)c1C(C)C. The first-order chi connectivity index (χ1) is 8.01. The van der Waals surface area contributed by atoms with Crippen LogP contribution in [0.15, 0.2) is 12.1 Å². The number of rotatable bonds is 5.